The first-order chi connectivity index (χ1) is 9.84. The molecule has 1 aromatic heterocycles. The summed E-state index contributed by atoms with van der Waals surface area (Å²) < 4.78 is 5.93. The third-order valence-electron chi connectivity index (χ3n) is 4.59. The lowest BCUT2D eigenvalue weighted by Crippen LogP contribution is -2.37. The summed E-state index contributed by atoms with van der Waals surface area (Å²) in [5.41, 5.74) is 0.451. The molecule has 3 nitrogen and oxygen atoms in total. The van der Waals surface area contributed by atoms with Gasteiger partial charge in [-0.25, -0.2) is 0 Å². The van der Waals surface area contributed by atoms with Crippen LogP contribution in [-0.2, 0) is 13.1 Å². The van der Waals surface area contributed by atoms with Gasteiger partial charge in [0.15, 0.2) is 0 Å². The van der Waals surface area contributed by atoms with E-state index in [-0.39, 0.29) is 0 Å². The summed E-state index contributed by atoms with van der Waals surface area (Å²) in [7, 11) is 0. The molecule has 120 valence electrons. The summed E-state index contributed by atoms with van der Waals surface area (Å²) in [6.45, 7) is 15.6. The molecule has 1 fully saturated rings. The molecule has 21 heavy (non-hydrogen) atoms. The van der Waals surface area contributed by atoms with Crippen molar-refractivity contribution in [2.24, 2.45) is 11.3 Å². The van der Waals surface area contributed by atoms with Gasteiger partial charge in [-0.15, -0.1) is 0 Å². The highest BCUT2D eigenvalue weighted by molar-refractivity contribution is 5.07. The molecule has 0 aliphatic carbocycles. The van der Waals surface area contributed by atoms with Gasteiger partial charge in [-0.2, -0.15) is 0 Å². The molecule has 2 rings (SSSR count). The molecular formula is C18H32N2O. The maximum absolute atomic E-state index is 5.93. The van der Waals surface area contributed by atoms with Gasteiger partial charge in [0.05, 0.1) is 13.1 Å². The maximum Gasteiger partial charge on any atom is 0.118 e. The van der Waals surface area contributed by atoms with E-state index in [0.717, 1.165) is 30.5 Å². The molecule has 0 spiro atoms. The topological polar surface area (TPSA) is 28.4 Å². The van der Waals surface area contributed by atoms with E-state index in [2.05, 4.69) is 57.0 Å². The zero-order valence-electron chi connectivity index (χ0n) is 14.4. The van der Waals surface area contributed by atoms with E-state index in [9.17, 15) is 0 Å². The lowest BCUT2D eigenvalue weighted by molar-refractivity contribution is 0.103. The molecule has 0 saturated carbocycles. The number of hydrogen-bond acceptors (Lipinski definition) is 3. The fraction of sp³-hybridized carbons (Fsp3) is 0.778. The van der Waals surface area contributed by atoms with Crippen molar-refractivity contribution in [2.75, 3.05) is 13.1 Å². The zero-order valence-corrected chi connectivity index (χ0v) is 14.4. The maximum atomic E-state index is 5.93. The average Bonchev–Trinajstić information content (AvgIpc) is 2.83. The highest BCUT2D eigenvalue weighted by atomic mass is 16.3. The number of piperidine rings is 1. The van der Waals surface area contributed by atoms with E-state index >= 15 is 0 Å². The van der Waals surface area contributed by atoms with Crippen molar-refractivity contribution in [3.8, 4) is 0 Å². The van der Waals surface area contributed by atoms with Gasteiger partial charge in [-0.05, 0) is 49.4 Å². The Labute approximate surface area is 130 Å². The Balaban J connectivity index is 1.78. The summed E-state index contributed by atoms with van der Waals surface area (Å²) in [4.78, 5) is 2.53. The number of rotatable bonds is 5. The van der Waals surface area contributed by atoms with Gasteiger partial charge in [0.2, 0.25) is 0 Å². The minimum Gasteiger partial charge on any atom is -0.463 e. The fourth-order valence-corrected chi connectivity index (χ4v) is 3.08. The van der Waals surface area contributed by atoms with E-state index in [1.165, 1.54) is 25.9 Å². The van der Waals surface area contributed by atoms with Gasteiger partial charge in [-0.3, -0.25) is 4.90 Å². The number of likely N-dealkylation sites (tertiary alicyclic amines) is 1. The molecule has 1 aliphatic heterocycles. The van der Waals surface area contributed by atoms with Crippen LogP contribution in [-0.4, -0.2) is 24.0 Å². The molecule has 1 aliphatic rings. The molecule has 1 N–H and O–H groups in total. The Morgan fingerprint density at radius 2 is 1.81 bits per heavy atom. The second-order valence-electron chi connectivity index (χ2n) is 7.82. The smallest absolute Gasteiger partial charge is 0.118 e. The summed E-state index contributed by atoms with van der Waals surface area (Å²) >= 11 is 0. The highest BCUT2D eigenvalue weighted by Gasteiger charge is 2.28. The van der Waals surface area contributed by atoms with Crippen LogP contribution in [0.5, 0.6) is 0 Å². The van der Waals surface area contributed by atoms with Gasteiger partial charge in [-0.1, -0.05) is 34.6 Å². The van der Waals surface area contributed by atoms with Crippen LogP contribution in [0.1, 0.15) is 59.0 Å². The molecule has 0 amide bonds. The Bertz CT molecular complexity index is 423. The first-order valence-electron chi connectivity index (χ1n) is 8.38. The van der Waals surface area contributed by atoms with Crippen LogP contribution in [0.3, 0.4) is 0 Å². The molecule has 0 unspecified atom stereocenters. The summed E-state index contributed by atoms with van der Waals surface area (Å²) in [6, 6.07) is 4.73. The molecule has 0 bridgehead atoms. The van der Waals surface area contributed by atoms with Crippen LogP contribution >= 0.6 is 0 Å². The predicted octanol–water partition coefficient (Wildman–Crippen LogP) is 4.04. The highest BCUT2D eigenvalue weighted by Crippen LogP contribution is 2.34. The van der Waals surface area contributed by atoms with Crippen molar-refractivity contribution in [2.45, 2.75) is 66.6 Å². The SMILES string of the molecule is CC(C)NCc1ccc(CN2CCC(C(C)(C)C)CC2)o1. The summed E-state index contributed by atoms with van der Waals surface area (Å²) in [5, 5.41) is 3.39. The fourth-order valence-electron chi connectivity index (χ4n) is 3.08. The van der Waals surface area contributed by atoms with Crippen LogP contribution in [0.15, 0.2) is 16.5 Å². The predicted molar refractivity (Wildman–Crippen MR) is 88.1 cm³/mol. The first-order valence-corrected chi connectivity index (χ1v) is 8.38. The van der Waals surface area contributed by atoms with Crippen molar-refractivity contribution in [3.63, 3.8) is 0 Å². The monoisotopic (exact) mass is 292 g/mol. The zero-order chi connectivity index (χ0) is 15.5. The van der Waals surface area contributed by atoms with E-state index < -0.39 is 0 Å². The molecule has 2 heterocycles. The van der Waals surface area contributed by atoms with E-state index in [1.807, 2.05) is 0 Å². The van der Waals surface area contributed by atoms with E-state index in [4.69, 9.17) is 4.42 Å². The van der Waals surface area contributed by atoms with Crippen molar-refractivity contribution in [1.82, 2.24) is 10.2 Å². The lowest BCUT2D eigenvalue weighted by Gasteiger charge is -2.38. The molecule has 1 aromatic rings. The first kappa shape index (κ1) is 16.6. The number of hydrogen-bond donors (Lipinski definition) is 1. The Morgan fingerprint density at radius 1 is 1.19 bits per heavy atom. The van der Waals surface area contributed by atoms with Crippen LogP contribution in [0.4, 0.5) is 0 Å². The molecule has 0 aromatic carbocycles. The molecule has 3 heteroatoms. The Hall–Kier alpha value is -0.800. The Morgan fingerprint density at radius 3 is 2.38 bits per heavy atom. The normalized spacial score (nSPS) is 18.6. The van der Waals surface area contributed by atoms with Crippen LogP contribution in [0.25, 0.3) is 0 Å². The standard InChI is InChI=1S/C18H32N2O/c1-14(2)19-12-16-6-7-17(21-16)13-20-10-8-15(9-11-20)18(3,4)5/h6-7,14-15,19H,8-13H2,1-5H3. The number of nitrogens with one attached hydrogen (secondary N) is 1. The number of nitrogens with zero attached hydrogens (tertiary/aromatic N) is 1. The van der Waals surface area contributed by atoms with Crippen molar-refractivity contribution in [3.05, 3.63) is 23.7 Å². The quantitative estimate of drug-likeness (QED) is 0.888. The third-order valence-corrected chi connectivity index (χ3v) is 4.59. The number of furan rings is 1. The van der Waals surface area contributed by atoms with Gasteiger partial charge in [0.25, 0.3) is 0 Å². The minimum absolute atomic E-state index is 0.451. The van der Waals surface area contributed by atoms with Crippen molar-refractivity contribution >= 4 is 0 Å². The van der Waals surface area contributed by atoms with Gasteiger partial charge < -0.3 is 9.73 Å². The van der Waals surface area contributed by atoms with Crippen LogP contribution in [0, 0.1) is 11.3 Å². The lowest BCUT2D eigenvalue weighted by atomic mass is 9.75. The second kappa shape index (κ2) is 6.97. The van der Waals surface area contributed by atoms with Gasteiger partial charge in [0, 0.05) is 6.04 Å². The van der Waals surface area contributed by atoms with Gasteiger partial charge >= 0.3 is 0 Å². The summed E-state index contributed by atoms with van der Waals surface area (Å²) in [5.74, 6) is 3.00. The second-order valence-corrected chi connectivity index (χ2v) is 7.82. The molecule has 1 saturated heterocycles. The minimum atomic E-state index is 0.451. The molecule has 0 radical (unpaired) electrons. The van der Waals surface area contributed by atoms with Crippen molar-refractivity contribution in [1.29, 1.82) is 0 Å². The Kier molecular flexibility index (Phi) is 5.50. The van der Waals surface area contributed by atoms with Gasteiger partial charge in [0.1, 0.15) is 11.5 Å². The molecular weight excluding hydrogens is 260 g/mol. The summed E-state index contributed by atoms with van der Waals surface area (Å²) in [6.07, 6.45) is 2.62. The van der Waals surface area contributed by atoms with Crippen LogP contribution < -0.4 is 5.32 Å². The average molecular weight is 292 g/mol. The largest absolute Gasteiger partial charge is 0.463 e. The van der Waals surface area contributed by atoms with Crippen LogP contribution in [0.2, 0.25) is 0 Å². The third kappa shape index (κ3) is 5.15. The van der Waals surface area contributed by atoms with E-state index in [1.54, 1.807) is 0 Å². The van der Waals surface area contributed by atoms with Crippen molar-refractivity contribution < 1.29 is 4.42 Å². The van der Waals surface area contributed by atoms with E-state index in [0.29, 0.717) is 11.5 Å². The molecule has 0 atom stereocenters.